The number of carbonyl (C=O) groups is 2. The number of carbonyl (C=O) groups excluding carboxylic acids is 2. The fourth-order valence-electron chi connectivity index (χ4n) is 3.32. The zero-order chi connectivity index (χ0) is 25.7. The van der Waals surface area contributed by atoms with Crippen LogP contribution in [-0.2, 0) is 14.2 Å². The smallest absolute Gasteiger partial charge is 0.504 e. The minimum Gasteiger partial charge on any atom is -0.504 e. The van der Waals surface area contributed by atoms with Crippen LogP contribution in [0.4, 0.5) is 4.79 Å². The van der Waals surface area contributed by atoms with Crippen molar-refractivity contribution >= 4 is 41.1 Å². The van der Waals surface area contributed by atoms with Crippen LogP contribution < -0.4 is 10.8 Å². The van der Waals surface area contributed by atoms with Crippen LogP contribution >= 0.6 is 0 Å². The second kappa shape index (κ2) is 10.3. The monoisotopic (exact) mass is 491 g/mol. The lowest BCUT2D eigenvalue weighted by Gasteiger charge is -2.18. The first kappa shape index (κ1) is 24.5. The molecular weight excluding hydrogens is 466 g/mol. The highest BCUT2D eigenvalue weighted by atomic mass is 16.7. The van der Waals surface area contributed by atoms with Crippen LogP contribution in [-0.4, -0.2) is 52.2 Å². The largest absolute Gasteiger partial charge is 0.508 e. The number of furan rings is 1. The predicted molar refractivity (Wildman–Crippen MR) is 132 cm³/mol. The lowest BCUT2D eigenvalue weighted by atomic mass is 10.2. The van der Waals surface area contributed by atoms with E-state index in [0.29, 0.717) is 16.9 Å². The maximum absolute atomic E-state index is 13.0. The number of ether oxygens (including phenoxy) is 3. The fraction of sp³-hybridized carbons (Fsp3) is 0.231. The Hall–Kier alpha value is -4.60. The highest BCUT2D eigenvalue weighted by Crippen LogP contribution is 2.18. The highest BCUT2D eigenvalue weighted by molar-refractivity contribution is 5.94. The first-order valence-corrected chi connectivity index (χ1v) is 11.1. The molecule has 0 fully saturated rings. The number of hydrogen-bond acceptors (Lipinski definition) is 9. The van der Waals surface area contributed by atoms with Gasteiger partial charge in [0.2, 0.25) is 0 Å². The van der Waals surface area contributed by atoms with Gasteiger partial charge in [-0.3, -0.25) is 4.99 Å². The van der Waals surface area contributed by atoms with Crippen molar-refractivity contribution in [3.63, 3.8) is 0 Å². The molecular formula is C26H25N3O7. The summed E-state index contributed by atoms with van der Waals surface area (Å²) in [7, 11) is 0. The maximum atomic E-state index is 13.0. The molecule has 0 bridgehead atoms. The third-order valence-corrected chi connectivity index (χ3v) is 4.82. The Kier molecular flexibility index (Phi) is 7.05. The number of nitrogens with one attached hydrogen (secondary N) is 1. The van der Waals surface area contributed by atoms with Gasteiger partial charge in [0.05, 0.1) is 0 Å². The normalized spacial score (nSPS) is 15.2. The van der Waals surface area contributed by atoms with Gasteiger partial charge in [0.1, 0.15) is 30.2 Å². The minimum absolute atomic E-state index is 0.0333. The van der Waals surface area contributed by atoms with Gasteiger partial charge in [0, 0.05) is 29.6 Å². The van der Waals surface area contributed by atoms with Gasteiger partial charge >= 0.3 is 12.1 Å². The van der Waals surface area contributed by atoms with Crippen molar-refractivity contribution in [2.75, 3.05) is 13.2 Å². The number of aromatic amines is 1. The number of allylic oxidation sites excluding steroid dienone is 3. The Morgan fingerprint density at radius 2 is 1.97 bits per heavy atom. The molecule has 0 aliphatic carbocycles. The first-order valence-electron chi connectivity index (χ1n) is 11.1. The molecule has 0 aromatic carbocycles. The molecule has 0 spiro atoms. The average molecular weight is 492 g/mol. The van der Waals surface area contributed by atoms with E-state index in [1.807, 2.05) is 6.07 Å². The Labute approximate surface area is 205 Å². The van der Waals surface area contributed by atoms with Crippen molar-refractivity contribution in [1.29, 1.82) is 0 Å². The molecule has 4 heterocycles. The molecule has 1 aliphatic rings. The van der Waals surface area contributed by atoms with Gasteiger partial charge in [0.25, 0.3) is 0 Å². The summed E-state index contributed by atoms with van der Waals surface area (Å²) in [4.78, 5) is 36.2. The number of aromatic hydroxyl groups is 1. The molecule has 3 aromatic heterocycles. The second-order valence-corrected chi connectivity index (χ2v) is 8.66. The number of H-pyrrole nitrogens is 1. The van der Waals surface area contributed by atoms with Gasteiger partial charge in [0.15, 0.2) is 22.1 Å². The third kappa shape index (κ3) is 5.72. The van der Waals surface area contributed by atoms with Gasteiger partial charge in [-0.25, -0.2) is 14.6 Å². The molecule has 1 aliphatic heterocycles. The summed E-state index contributed by atoms with van der Waals surface area (Å²) >= 11 is 0. The van der Waals surface area contributed by atoms with E-state index in [1.165, 1.54) is 6.21 Å². The third-order valence-electron chi connectivity index (χ3n) is 4.82. The number of rotatable bonds is 5. The van der Waals surface area contributed by atoms with Gasteiger partial charge in [-0.1, -0.05) is 12.2 Å². The topological polar surface area (TPSA) is 136 Å². The van der Waals surface area contributed by atoms with Gasteiger partial charge in [-0.05, 0) is 51.1 Å². The van der Waals surface area contributed by atoms with Gasteiger partial charge in [-0.2, -0.15) is 0 Å². The van der Waals surface area contributed by atoms with Crippen LogP contribution in [0, 0.1) is 0 Å². The summed E-state index contributed by atoms with van der Waals surface area (Å²) < 4.78 is 21.1. The number of esters is 1. The summed E-state index contributed by atoms with van der Waals surface area (Å²) in [6.07, 6.45) is 12.5. The van der Waals surface area contributed by atoms with Crippen molar-refractivity contribution in [3.8, 4) is 5.75 Å². The summed E-state index contributed by atoms with van der Waals surface area (Å²) in [6, 6.07) is 3.65. The van der Waals surface area contributed by atoms with E-state index in [0.717, 1.165) is 5.39 Å². The lowest BCUT2D eigenvalue weighted by molar-refractivity contribution is -0.0167. The van der Waals surface area contributed by atoms with Crippen molar-refractivity contribution in [3.05, 3.63) is 70.8 Å². The summed E-state index contributed by atoms with van der Waals surface area (Å²) in [5.74, 6) is -1.28. The lowest BCUT2D eigenvalue weighted by Crippen LogP contribution is -2.25. The Balaban J connectivity index is 1.65. The molecule has 36 heavy (non-hydrogen) atoms. The molecule has 3 aromatic rings. The molecule has 10 heteroatoms. The fourth-order valence-corrected chi connectivity index (χ4v) is 3.32. The molecule has 0 saturated heterocycles. The molecule has 0 amide bonds. The molecule has 2 N–H and O–H groups in total. The second-order valence-electron chi connectivity index (χ2n) is 8.66. The molecule has 0 atom stereocenters. The van der Waals surface area contributed by atoms with E-state index in [4.69, 9.17) is 18.6 Å². The van der Waals surface area contributed by atoms with Crippen LogP contribution in [0.1, 0.15) is 36.7 Å². The van der Waals surface area contributed by atoms with E-state index in [9.17, 15) is 14.7 Å². The van der Waals surface area contributed by atoms with Crippen LogP contribution in [0.15, 0.2) is 58.2 Å². The Morgan fingerprint density at radius 3 is 2.78 bits per heavy atom. The number of aliphatic imine (C=N–C) groups is 1. The van der Waals surface area contributed by atoms with Crippen LogP contribution in [0.2, 0.25) is 0 Å². The van der Waals surface area contributed by atoms with Crippen molar-refractivity contribution in [1.82, 2.24) is 9.97 Å². The molecule has 0 saturated carbocycles. The number of pyridine rings is 1. The summed E-state index contributed by atoms with van der Waals surface area (Å²) in [5.41, 5.74) is 0.841. The first-order chi connectivity index (χ1) is 17.2. The van der Waals surface area contributed by atoms with E-state index >= 15 is 0 Å². The number of nitrogens with zero attached hydrogens (tertiary/aromatic N) is 2. The SMILES string of the molecule is CC(C)(C)OC(=O)OCCOC(=O)c1c(O)/c(=C/c2c[nH]c3ncccc23)oc1=C1C=CC=CC=N1. The summed E-state index contributed by atoms with van der Waals surface area (Å²) in [6.45, 7) is 4.63. The van der Waals surface area contributed by atoms with Crippen molar-refractivity contribution in [2.24, 2.45) is 4.99 Å². The molecule has 4 rings (SSSR count). The highest BCUT2D eigenvalue weighted by Gasteiger charge is 2.23. The zero-order valence-corrected chi connectivity index (χ0v) is 20.0. The van der Waals surface area contributed by atoms with Crippen molar-refractivity contribution in [2.45, 2.75) is 26.4 Å². The molecule has 0 unspecified atom stereocenters. The van der Waals surface area contributed by atoms with Crippen LogP contribution in [0.3, 0.4) is 0 Å². The molecule has 0 radical (unpaired) electrons. The van der Waals surface area contributed by atoms with Crippen LogP contribution in [0.25, 0.3) is 22.8 Å². The average Bonchev–Trinajstić information content (AvgIpc) is 3.24. The van der Waals surface area contributed by atoms with E-state index in [1.54, 1.807) is 69.6 Å². The molecule has 10 nitrogen and oxygen atoms in total. The van der Waals surface area contributed by atoms with Crippen molar-refractivity contribution < 1.29 is 33.3 Å². The Morgan fingerprint density at radius 1 is 1.17 bits per heavy atom. The van der Waals surface area contributed by atoms with E-state index in [2.05, 4.69) is 15.0 Å². The number of hydrogen-bond donors (Lipinski definition) is 2. The van der Waals surface area contributed by atoms with Gasteiger partial charge < -0.3 is 28.7 Å². The summed E-state index contributed by atoms with van der Waals surface area (Å²) in [5, 5.41) is 11.8. The quantitative estimate of drug-likeness (QED) is 0.410. The zero-order valence-electron chi connectivity index (χ0n) is 20.0. The number of aromatic nitrogens is 2. The Bertz CT molecular complexity index is 1480. The number of fused-ring (bicyclic) bond motifs is 1. The van der Waals surface area contributed by atoms with E-state index < -0.39 is 23.5 Å². The molecule has 186 valence electrons. The van der Waals surface area contributed by atoms with E-state index in [-0.39, 0.29) is 29.6 Å². The van der Waals surface area contributed by atoms with Gasteiger partial charge in [-0.15, -0.1) is 0 Å². The standard InChI is InChI=1S/C26H25N3O7/c1-26(2,3)36-25(32)34-13-12-33-24(31)20-21(30)19(35-22(20)18-9-5-4-6-10-27-18)14-16-15-29-23-17(16)8-7-11-28-23/h4-11,14-15,30H,12-13H2,1-3H3,(H,28,29)/b19-14-,22-18?. The maximum Gasteiger partial charge on any atom is 0.508 e. The van der Waals surface area contributed by atoms with Crippen LogP contribution in [0.5, 0.6) is 5.75 Å². The predicted octanol–water partition coefficient (Wildman–Crippen LogP) is 3.10. The minimum atomic E-state index is -0.878.